The van der Waals surface area contributed by atoms with Gasteiger partial charge in [-0.1, -0.05) is 91.9 Å². The first-order valence-electron chi connectivity index (χ1n) is 11.6. The predicted molar refractivity (Wildman–Crippen MR) is 125 cm³/mol. The van der Waals surface area contributed by atoms with E-state index in [0.717, 1.165) is 31.2 Å². The van der Waals surface area contributed by atoms with Crippen molar-refractivity contribution >= 4 is 10.0 Å². The molecule has 1 aliphatic carbocycles. The molecule has 0 N–H and O–H groups in total. The van der Waals surface area contributed by atoms with E-state index in [1.54, 1.807) is 12.1 Å². The Balaban J connectivity index is 1.69. The second-order valence-electron chi connectivity index (χ2n) is 9.20. The fraction of sp³-hybridized carbons (Fsp3) is 0.407. The van der Waals surface area contributed by atoms with Crippen molar-refractivity contribution in [2.24, 2.45) is 11.8 Å². The third-order valence-corrected chi connectivity index (χ3v) is 9.17. The molecule has 2 bridgehead atoms. The summed E-state index contributed by atoms with van der Waals surface area (Å²) in [7, 11) is -3.62. The van der Waals surface area contributed by atoms with Crippen molar-refractivity contribution in [2.45, 2.75) is 63.4 Å². The van der Waals surface area contributed by atoms with Gasteiger partial charge in [-0.3, -0.25) is 0 Å². The van der Waals surface area contributed by atoms with Crippen molar-refractivity contribution in [2.75, 3.05) is 0 Å². The van der Waals surface area contributed by atoms with Crippen LogP contribution in [0, 0.1) is 18.8 Å². The van der Waals surface area contributed by atoms with Crippen molar-refractivity contribution in [3.63, 3.8) is 0 Å². The van der Waals surface area contributed by atoms with E-state index in [-0.39, 0.29) is 23.9 Å². The Kier molecular flexibility index (Phi) is 5.18. The molecule has 0 saturated carbocycles. The van der Waals surface area contributed by atoms with Crippen LogP contribution in [0.4, 0.5) is 0 Å². The summed E-state index contributed by atoms with van der Waals surface area (Å²) in [5, 5.41) is 0. The number of sulfonamides is 1. The highest BCUT2D eigenvalue weighted by molar-refractivity contribution is 7.89. The van der Waals surface area contributed by atoms with Gasteiger partial charge in [-0.15, -0.1) is 0 Å². The molecule has 0 amide bonds. The summed E-state index contributed by atoms with van der Waals surface area (Å²) < 4.78 is 29.9. The number of aryl methyl sites for hydroxylation is 1. The van der Waals surface area contributed by atoms with Crippen LogP contribution in [-0.4, -0.2) is 12.7 Å². The maximum absolute atomic E-state index is 14.0. The van der Waals surface area contributed by atoms with Crippen molar-refractivity contribution in [3.05, 3.63) is 88.5 Å². The Bertz CT molecular complexity index is 1100. The number of rotatable bonds is 6. The number of allylic oxidation sites excluding steroid dienone is 2. The van der Waals surface area contributed by atoms with E-state index in [0.29, 0.717) is 4.90 Å². The molecule has 0 radical (unpaired) electrons. The van der Waals surface area contributed by atoms with Gasteiger partial charge in [0.25, 0.3) is 0 Å². The Morgan fingerprint density at radius 2 is 1.26 bits per heavy atom. The molecule has 1 saturated heterocycles. The highest BCUT2D eigenvalue weighted by Crippen LogP contribution is 2.66. The molecule has 31 heavy (non-hydrogen) atoms. The number of hydrogen-bond acceptors (Lipinski definition) is 2. The van der Waals surface area contributed by atoms with Crippen molar-refractivity contribution < 1.29 is 8.42 Å². The molecule has 4 heteroatoms. The monoisotopic (exact) mass is 433 g/mol. The van der Waals surface area contributed by atoms with Crippen molar-refractivity contribution in [1.29, 1.82) is 0 Å². The van der Waals surface area contributed by atoms with Gasteiger partial charge in [0, 0.05) is 11.8 Å². The van der Waals surface area contributed by atoms with Crippen LogP contribution in [0.2, 0.25) is 0 Å². The minimum Gasteiger partial charge on any atom is -0.207 e. The Morgan fingerprint density at radius 3 is 1.71 bits per heavy atom. The Labute approximate surface area is 186 Å². The molecule has 4 atom stereocenters. The summed E-state index contributed by atoms with van der Waals surface area (Å²) in [6.07, 6.45) is 8.82. The molecular weight excluding hydrogens is 402 g/mol. The van der Waals surface area contributed by atoms with Crippen molar-refractivity contribution in [1.82, 2.24) is 4.31 Å². The molecule has 2 aliphatic heterocycles. The summed E-state index contributed by atoms with van der Waals surface area (Å²) in [6, 6.07) is 15.5. The second-order valence-corrected chi connectivity index (χ2v) is 11.0. The topological polar surface area (TPSA) is 37.4 Å². The fourth-order valence-electron chi connectivity index (χ4n) is 6.10. The van der Waals surface area contributed by atoms with Crippen LogP contribution in [0.1, 0.15) is 68.3 Å². The van der Waals surface area contributed by atoms with Gasteiger partial charge in [0.1, 0.15) is 0 Å². The largest absolute Gasteiger partial charge is 0.244 e. The summed E-state index contributed by atoms with van der Waals surface area (Å²) in [4.78, 5) is 0.404. The first kappa shape index (κ1) is 20.7. The van der Waals surface area contributed by atoms with E-state index in [9.17, 15) is 8.42 Å². The molecule has 1 fully saturated rings. The number of nitrogens with zero attached hydrogens (tertiary/aromatic N) is 1. The molecule has 0 aromatic heterocycles. The van der Waals surface area contributed by atoms with Gasteiger partial charge in [0.2, 0.25) is 10.0 Å². The zero-order valence-corrected chi connectivity index (χ0v) is 19.4. The Hall–Kier alpha value is -2.17. The zero-order valence-electron chi connectivity index (χ0n) is 18.6. The van der Waals surface area contributed by atoms with Crippen LogP contribution in [0.5, 0.6) is 0 Å². The van der Waals surface area contributed by atoms with E-state index in [4.69, 9.17) is 0 Å². The van der Waals surface area contributed by atoms with Crippen LogP contribution < -0.4 is 0 Å². The molecule has 2 aromatic rings. The summed E-state index contributed by atoms with van der Waals surface area (Å²) in [5.41, 5.74) is 6.30. The lowest BCUT2D eigenvalue weighted by Crippen LogP contribution is -2.29. The summed E-state index contributed by atoms with van der Waals surface area (Å²) >= 11 is 0. The third-order valence-electron chi connectivity index (χ3n) is 7.29. The lowest BCUT2D eigenvalue weighted by molar-refractivity contribution is 0.347. The third kappa shape index (κ3) is 3.07. The average Bonchev–Trinajstić information content (AvgIpc) is 3.30. The molecular formula is C27H31NO2S. The van der Waals surface area contributed by atoms with Gasteiger partial charge in [-0.05, 0) is 43.0 Å². The molecule has 0 spiro atoms. The number of benzene rings is 2. The average molecular weight is 434 g/mol. The van der Waals surface area contributed by atoms with Crippen LogP contribution in [0.3, 0.4) is 0 Å². The van der Waals surface area contributed by atoms with Gasteiger partial charge >= 0.3 is 0 Å². The lowest BCUT2D eigenvalue weighted by Gasteiger charge is -2.36. The van der Waals surface area contributed by atoms with Gasteiger partial charge < -0.3 is 0 Å². The van der Waals surface area contributed by atoms with E-state index in [2.05, 4.69) is 50.3 Å². The lowest BCUT2D eigenvalue weighted by atomic mass is 9.66. The highest BCUT2D eigenvalue weighted by Gasteiger charge is 2.61. The van der Waals surface area contributed by atoms with E-state index < -0.39 is 10.0 Å². The second kappa shape index (κ2) is 7.75. The molecule has 2 heterocycles. The summed E-state index contributed by atoms with van der Waals surface area (Å²) in [6.45, 7) is 6.41. The smallest absolute Gasteiger partial charge is 0.207 e. The molecule has 5 rings (SSSR count). The van der Waals surface area contributed by atoms with Crippen LogP contribution >= 0.6 is 0 Å². The first-order valence-corrected chi connectivity index (χ1v) is 13.0. The minimum absolute atomic E-state index is 0.115. The van der Waals surface area contributed by atoms with E-state index in [1.807, 2.05) is 23.4 Å². The maximum Gasteiger partial charge on any atom is 0.244 e. The van der Waals surface area contributed by atoms with Crippen LogP contribution in [0.15, 0.2) is 76.7 Å². The van der Waals surface area contributed by atoms with Crippen LogP contribution in [-0.2, 0) is 10.0 Å². The predicted octanol–water partition coefficient (Wildman–Crippen LogP) is 6.49. The minimum atomic E-state index is -3.62. The van der Waals surface area contributed by atoms with E-state index in [1.165, 1.54) is 22.3 Å². The quantitative estimate of drug-likeness (QED) is 0.522. The summed E-state index contributed by atoms with van der Waals surface area (Å²) in [5.74, 6) is 0.484. The van der Waals surface area contributed by atoms with Gasteiger partial charge in [0.15, 0.2) is 0 Å². The van der Waals surface area contributed by atoms with Crippen molar-refractivity contribution in [3.8, 4) is 0 Å². The maximum atomic E-state index is 14.0. The molecule has 3 nitrogen and oxygen atoms in total. The number of fused-ring (bicyclic) bond motifs is 8. The zero-order chi connectivity index (χ0) is 21.8. The van der Waals surface area contributed by atoms with Crippen LogP contribution in [0.25, 0.3) is 0 Å². The highest BCUT2D eigenvalue weighted by atomic mass is 32.2. The van der Waals surface area contributed by atoms with E-state index >= 15 is 0 Å². The standard InChI is InChI=1S/C27H31NO2S/c1-4-8-19-14-15-20(9-5-2)25-24(19)26-22-10-6-7-11-23(22)27(25)28(26)31(29,30)21-16-12-18(3)13-17-21/h6-7,10-17,24-27H,4-5,8-9H2,1-3H3/t24-,25+,26+,27-. The molecule has 3 aliphatic rings. The number of hydrogen-bond donors (Lipinski definition) is 0. The van der Waals surface area contributed by atoms with Gasteiger partial charge in [-0.25, -0.2) is 8.42 Å². The first-order chi connectivity index (χ1) is 15.0. The molecule has 162 valence electrons. The fourth-order valence-corrected chi connectivity index (χ4v) is 7.92. The molecule has 2 aromatic carbocycles. The SMILES string of the molecule is CCCC1=CC=C(CCC)[C@H]2[C@@H]1[C@@H]1c3ccccc3[C@H]2N1S(=O)(=O)c1ccc(C)cc1. The van der Waals surface area contributed by atoms with Gasteiger partial charge in [-0.2, -0.15) is 4.31 Å². The Morgan fingerprint density at radius 1 is 0.774 bits per heavy atom. The molecule has 0 unspecified atom stereocenters. The normalized spacial score (nSPS) is 26.9. The van der Waals surface area contributed by atoms with Gasteiger partial charge in [0.05, 0.1) is 17.0 Å².